The Morgan fingerprint density at radius 2 is 1.75 bits per heavy atom. The van der Waals surface area contributed by atoms with Gasteiger partial charge in [-0.15, -0.1) is 0 Å². The first-order valence-corrected chi connectivity index (χ1v) is 11.0. The zero-order chi connectivity index (χ0) is 23.2. The second-order valence-corrected chi connectivity index (χ2v) is 9.66. The van der Waals surface area contributed by atoms with Gasteiger partial charge in [0.15, 0.2) is 0 Å². The highest BCUT2D eigenvalue weighted by atomic mass is 79.9. The molecular weight excluding hydrogens is 474 g/mol. The van der Waals surface area contributed by atoms with Crippen LogP contribution in [0.15, 0.2) is 68.7 Å². The number of aromatic amines is 1. The summed E-state index contributed by atoms with van der Waals surface area (Å²) in [6.45, 7) is 5.39. The molecule has 0 amide bonds. The standard InChI is InChI=1S/C24H24BrN3O4/c1-24(2,3)21(29)32-18-13-11-16-17(28-23(31)27(4)22(30)26-28)12-10-15(19(16)20(18)25)14-8-6-5-7-9-14/h5-13,15,17H,1-4H3,(H,26,30)/t15-,17-/m0/s1. The van der Waals surface area contributed by atoms with Crippen LogP contribution < -0.4 is 16.1 Å². The summed E-state index contributed by atoms with van der Waals surface area (Å²) in [5.41, 5.74) is 1.18. The maximum Gasteiger partial charge on any atom is 0.347 e. The van der Waals surface area contributed by atoms with Crippen LogP contribution in [0, 0.1) is 5.41 Å². The molecule has 0 aliphatic heterocycles. The lowest BCUT2D eigenvalue weighted by Gasteiger charge is -2.29. The van der Waals surface area contributed by atoms with Crippen LogP contribution in [0.25, 0.3) is 0 Å². The fourth-order valence-corrected chi connectivity index (χ4v) is 4.42. The van der Waals surface area contributed by atoms with E-state index >= 15 is 0 Å². The lowest BCUT2D eigenvalue weighted by molar-refractivity contribution is -0.143. The van der Waals surface area contributed by atoms with E-state index in [2.05, 4.69) is 21.0 Å². The van der Waals surface area contributed by atoms with E-state index in [0.717, 1.165) is 21.3 Å². The predicted octanol–water partition coefficient (Wildman–Crippen LogP) is 3.88. The summed E-state index contributed by atoms with van der Waals surface area (Å²) in [5, 5.41) is 2.62. The van der Waals surface area contributed by atoms with Crippen molar-refractivity contribution in [3.63, 3.8) is 0 Å². The van der Waals surface area contributed by atoms with Crippen LogP contribution >= 0.6 is 15.9 Å². The maximum absolute atomic E-state index is 12.6. The lowest BCUT2D eigenvalue weighted by Crippen LogP contribution is -2.30. The molecule has 8 heteroatoms. The van der Waals surface area contributed by atoms with Gasteiger partial charge in [0.1, 0.15) is 5.75 Å². The molecule has 0 radical (unpaired) electrons. The number of ether oxygens (including phenoxy) is 1. The van der Waals surface area contributed by atoms with Crippen LogP contribution in [-0.2, 0) is 11.8 Å². The van der Waals surface area contributed by atoms with Gasteiger partial charge < -0.3 is 4.74 Å². The third-order valence-electron chi connectivity index (χ3n) is 5.56. The molecule has 0 bridgehead atoms. The van der Waals surface area contributed by atoms with Crippen molar-refractivity contribution < 1.29 is 9.53 Å². The molecule has 1 heterocycles. The molecule has 32 heavy (non-hydrogen) atoms. The Hall–Kier alpha value is -3.13. The van der Waals surface area contributed by atoms with E-state index in [4.69, 9.17) is 4.74 Å². The molecule has 1 N–H and O–H groups in total. The summed E-state index contributed by atoms with van der Waals surface area (Å²) in [4.78, 5) is 37.2. The second-order valence-electron chi connectivity index (χ2n) is 8.87. The van der Waals surface area contributed by atoms with Gasteiger partial charge in [0.25, 0.3) is 0 Å². The number of nitrogens with one attached hydrogen (secondary N) is 1. The summed E-state index contributed by atoms with van der Waals surface area (Å²) in [6.07, 6.45) is 3.91. The number of hydrogen-bond donors (Lipinski definition) is 1. The van der Waals surface area contributed by atoms with Gasteiger partial charge in [-0.2, -0.15) is 0 Å². The summed E-state index contributed by atoms with van der Waals surface area (Å²) in [7, 11) is 1.43. The Morgan fingerprint density at radius 3 is 2.34 bits per heavy atom. The van der Waals surface area contributed by atoms with Gasteiger partial charge in [0, 0.05) is 13.0 Å². The fourth-order valence-electron chi connectivity index (χ4n) is 3.74. The van der Waals surface area contributed by atoms with Crippen LogP contribution in [0.5, 0.6) is 5.75 Å². The summed E-state index contributed by atoms with van der Waals surface area (Å²) >= 11 is 3.66. The molecule has 1 aliphatic carbocycles. The molecule has 0 spiro atoms. The van der Waals surface area contributed by atoms with E-state index in [-0.39, 0.29) is 11.9 Å². The molecule has 4 rings (SSSR count). The Kier molecular flexibility index (Phi) is 5.58. The molecule has 7 nitrogen and oxygen atoms in total. The first-order valence-electron chi connectivity index (χ1n) is 10.2. The average Bonchev–Trinajstić information content (AvgIpc) is 3.02. The molecule has 0 fully saturated rings. The Morgan fingerprint density at radius 1 is 1.06 bits per heavy atom. The Balaban J connectivity index is 1.90. The Labute approximate surface area is 193 Å². The van der Waals surface area contributed by atoms with Crippen LogP contribution in [0.1, 0.15) is 49.4 Å². The number of rotatable bonds is 3. The van der Waals surface area contributed by atoms with Crippen molar-refractivity contribution in [2.24, 2.45) is 12.5 Å². The first kappa shape index (κ1) is 22.1. The SMILES string of the molecule is Cn1c(=O)[nH]n([C@H]2C=C[C@@H](c3ccccc3)c3c2ccc(OC(=O)C(C)(C)C)c3Br)c1=O. The van der Waals surface area contributed by atoms with E-state index in [1.54, 1.807) is 26.8 Å². The lowest BCUT2D eigenvalue weighted by atomic mass is 9.81. The minimum atomic E-state index is -0.659. The smallest absolute Gasteiger partial charge is 0.347 e. The van der Waals surface area contributed by atoms with Gasteiger partial charge in [-0.3, -0.25) is 4.79 Å². The largest absolute Gasteiger partial charge is 0.425 e. The third-order valence-corrected chi connectivity index (χ3v) is 6.38. The number of nitrogens with zero attached hydrogens (tertiary/aromatic N) is 2. The van der Waals surface area contributed by atoms with E-state index in [1.807, 2.05) is 48.6 Å². The summed E-state index contributed by atoms with van der Waals surface area (Å²) in [5.74, 6) is -0.0651. The van der Waals surface area contributed by atoms with Gasteiger partial charge in [0.05, 0.1) is 15.9 Å². The van der Waals surface area contributed by atoms with Crippen LogP contribution in [0.4, 0.5) is 0 Å². The molecule has 1 aliphatic rings. The number of carbonyl (C=O) groups excluding carboxylic acids is 1. The molecule has 0 saturated heterocycles. The maximum atomic E-state index is 12.6. The molecule has 0 unspecified atom stereocenters. The van der Waals surface area contributed by atoms with Crippen LogP contribution in [-0.4, -0.2) is 20.3 Å². The van der Waals surface area contributed by atoms with Crippen molar-refractivity contribution in [3.8, 4) is 5.75 Å². The van der Waals surface area contributed by atoms with Crippen molar-refractivity contribution in [3.05, 3.63) is 96.7 Å². The normalized spacial score (nSPS) is 17.8. The van der Waals surface area contributed by atoms with Crippen LogP contribution in [0.2, 0.25) is 0 Å². The number of carbonyl (C=O) groups is 1. The Bertz CT molecular complexity index is 1330. The van der Waals surface area contributed by atoms with E-state index in [0.29, 0.717) is 10.2 Å². The number of allylic oxidation sites excluding steroid dienone is 2. The minimum Gasteiger partial charge on any atom is -0.425 e. The molecule has 3 aromatic rings. The van der Waals surface area contributed by atoms with E-state index < -0.39 is 22.8 Å². The van der Waals surface area contributed by atoms with Gasteiger partial charge in [-0.1, -0.05) is 48.6 Å². The molecular formula is C24H24BrN3O4. The minimum absolute atomic E-state index is 0.128. The number of fused-ring (bicyclic) bond motifs is 1. The number of hydrogen-bond acceptors (Lipinski definition) is 4. The van der Waals surface area contributed by atoms with Crippen molar-refractivity contribution >= 4 is 21.9 Å². The van der Waals surface area contributed by atoms with Gasteiger partial charge in [0.2, 0.25) is 0 Å². The summed E-state index contributed by atoms with van der Waals surface area (Å²) in [6, 6.07) is 13.0. The topological polar surface area (TPSA) is 86.1 Å². The third kappa shape index (κ3) is 3.79. The molecule has 166 valence electrons. The summed E-state index contributed by atoms with van der Waals surface area (Å²) < 4.78 is 8.69. The van der Waals surface area contributed by atoms with E-state index in [1.165, 1.54) is 11.7 Å². The number of esters is 1. The zero-order valence-corrected chi connectivity index (χ0v) is 19.8. The van der Waals surface area contributed by atoms with E-state index in [9.17, 15) is 14.4 Å². The highest BCUT2D eigenvalue weighted by Crippen LogP contribution is 2.45. The number of benzene rings is 2. The fraction of sp³-hybridized carbons (Fsp3) is 0.292. The molecule has 0 saturated carbocycles. The number of halogens is 1. The van der Waals surface area contributed by atoms with Crippen LogP contribution in [0.3, 0.4) is 0 Å². The monoisotopic (exact) mass is 497 g/mol. The molecule has 2 aromatic carbocycles. The highest BCUT2D eigenvalue weighted by molar-refractivity contribution is 9.10. The first-order chi connectivity index (χ1) is 15.1. The second kappa shape index (κ2) is 8.09. The molecule has 1 aromatic heterocycles. The van der Waals surface area contributed by atoms with Crippen molar-refractivity contribution in [1.29, 1.82) is 0 Å². The zero-order valence-electron chi connectivity index (χ0n) is 18.3. The van der Waals surface area contributed by atoms with Gasteiger partial charge >= 0.3 is 17.3 Å². The number of H-pyrrole nitrogens is 1. The highest BCUT2D eigenvalue weighted by Gasteiger charge is 2.32. The molecule has 2 atom stereocenters. The predicted molar refractivity (Wildman–Crippen MR) is 125 cm³/mol. The number of aromatic nitrogens is 3. The van der Waals surface area contributed by atoms with Gasteiger partial charge in [-0.25, -0.2) is 23.9 Å². The quantitative estimate of drug-likeness (QED) is 0.338. The average molecular weight is 498 g/mol. The van der Waals surface area contributed by atoms with Crippen molar-refractivity contribution in [2.75, 3.05) is 0 Å². The van der Waals surface area contributed by atoms with Crippen molar-refractivity contribution in [2.45, 2.75) is 32.7 Å². The van der Waals surface area contributed by atoms with Gasteiger partial charge in [-0.05, 0) is 59.5 Å². The van der Waals surface area contributed by atoms with Crippen molar-refractivity contribution in [1.82, 2.24) is 14.3 Å².